The summed E-state index contributed by atoms with van der Waals surface area (Å²) in [6, 6.07) is 6.71. The minimum atomic E-state index is -5.13. The average Bonchev–Trinajstić information content (AvgIpc) is 3.02. The number of ether oxygens (including phenoxy) is 6. The maximum atomic E-state index is 15.2. The lowest BCUT2D eigenvalue weighted by Gasteiger charge is -2.39. The second-order valence-electron chi connectivity index (χ2n) is 12.3. The summed E-state index contributed by atoms with van der Waals surface area (Å²) in [7, 11) is 0. The van der Waals surface area contributed by atoms with E-state index in [1.165, 1.54) is 12.5 Å². The van der Waals surface area contributed by atoms with Gasteiger partial charge in [0.1, 0.15) is 11.6 Å². The number of unbranched alkanes of at least 4 members (excludes halogenated alkanes) is 2. The molecule has 0 amide bonds. The van der Waals surface area contributed by atoms with Crippen LogP contribution >= 0.6 is 0 Å². The normalized spacial score (nSPS) is 27.7. The maximum Gasteiger partial charge on any atom is 0.573 e. The molecule has 3 aliphatic rings. The van der Waals surface area contributed by atoms with E-state index in [2.05, 4.69) is 11.7 Å². The van der Waals surface area contributed by atoms with Gasteiger partial charge in [-0.25, -0.2) is 8.78 Å². The van der Waals surface area contributed by atoms with Gasteiger partial charge < -0.3 is 28.4 Å². The van der Waals surface area contributed by atoms with Crippen molar-refractivity contribution in [3.05, 3.63) is 59.2 Å². The Morgan fingerprint density at radius 1 is 0.761 bits per heavy atom. The Hall–Kier alpha value is -2.61. The van der Waals surface area contributed by atoms with Crippen LogP contribution in [0.15, 0.2) is 36.4 Å². The molecule has 46 heavy (non-hydrogen) atoms. The zero-order valence-corrected chi connectivity index (χ0v) is 25.5. The summed E-state index contributed by atoms with van der Waals surface area (Å²) in [6.07, 6.45) is -4.73. The fraction of sp³-hybridized carbons (Fsp3) is 0.636. The molecule has 2 aliphatic heterocycles. The lowest BCUT2D eigenvalue weighted by atomic mass is 9.80. The number of benzene rings is 2. The molecule has 2 aromatic carbocycles. The molecule has 5 rings (SSSR count). The van der Waals surface area contributed by atoms with Crippen molar-refractivity contribution < 1.29 is 59.2 Å². The van der Waals surface area contributed by atoms with Crippen molar-refractivity contribution in [2.45, 2.75) is 89.3 Å². The van der Waals surface area contributed by atoms with Crippen molar-refractivity contribution in [2.75, 3.05) is 26.4 Å². The van der Waals surface area contributed by atoms with Gasteiger partial charge in [0.05, 0.1) is 32.3 Å². The van der Waals surface area contributed by atoms with Gasteiger partial charge in [0.15, 0.2) is 24.1 Å². The standard InChI is InChI=1S/C33H39F7O6/c1-2-3-4-5-20-16-41-31(42-17-20)22-8-12-26(27(34)14-22)23-18-43-30(44-19-23)21-6-9-24(10-7-21)32(36,37)45-25-11-13-29(28(35)15-25)46-33(38,39)40/h8,11-15,20-21,23-24,30-31H,2-7,9-10,16-19H2,1H3. The third kappa shape index (κ3) is 9.05. The number of hydrogen-bond donors (Lipinski definition) is 0. The summed E-state index contributed by atoms with van der Waals surface area (Å²) in [5.41, 5.74) is 1.06. The third-order valence-corrected chi connectivity index (χ3v) is 8.86. The monoisotopic (exact) mass is 664 g/mol. The fourth-order valence-corrected chi connectivity index (χ4v) is 6.30. The molecule has 0 spiro atoms. The van der Waals surface area contributed by atoms with Gasteiger partial charge in [-0.05, 0) is 55.9 Å². The van der Waals surface area contributed by atoms with Gasteiger partial charge in [-0.15, -0.1) is 13.2 Å². The minimum absolute atomic E-state index is 0.0585. The first-order valence-corrected chi connectivity index (χ1v) is 15.8. The van der Waals surface area contributed by atoms with E-state index >= 15 is 4.39 Å². The molecule has 3 fully saturated rings. The summed E-state index contributed by atoms with van der Waals surface area (Å²) in [5.74, 6) is -5.01. The van der Waals surface area contributed by atoms with Gasteiger partial charge in [-0.2, -0.15) is 8.78 Å². The molecule has 6 nitrogen and oxygen atoms in total. The third-order valence-electron chi connectivity index (χ3n) is 8.86. The first kappa shape index (κ1) is 34.7. The second kappa shape index (κ2) is 15.1. The van der Waals surface area contributed by atoms with Crippen molar-refractivity contribution in [3.63, 3.8) is 0 Å². The number of hydrogen-bond acceptors (Lipinski definition) is 6. The summed E-state index contributed by atoms with van der Waals surface area (Å²) < 4.78 is 128. The van der Waals surface area contributed by atoms with Crippen LogP contribution in [0.4, 0.5) is 30.7 Å². The molecule has 13 heteroatoms. The van der Waals surface area contributed by atoms with Crippen molar-refractivity contribution in [3.8, 4) is 11.5 Å². The van der Waals surface area contributed by atoms with Gasteiger partial charge in [-0.1, -0.05) is 38.3 Å². The van der Waals surface area contributed by atoms with E-state index in [4.69, 9.17) is 23.7 Å². The molecular weight excluding hydrogens is 625 g/mol. The first-order chi connectivity index (χ1) is 21.9. The molecular formula is C33H39F7O6. The number of alkyl halides is 5. The predicted octanol–water partition coefficient (Wildman–Crippen LogP) is 9.04. The highest BCUT2D eigenvalue weighted by Crippen LogP contribution is 2.43. The van der Waals surface area contributed by atoms with E-state index in [-0.39, 0.29) is 37.9 Å². The molecule has 0 aromatic heterocycles. The smallest absolute Gasteiger partial charge is 0.432 e. The summed E-state index contributed by atoms with van der Waals surface area (Å²) in [4.78, 5) is 0. The highest BCUT2D eigenvalue weighted by atomic mass is 19.4. The minimum Gasteiger partial charge on any atom is -0.432 e. The van der Waals surface area contributed by atoms with Crippen molar-refractivity contribution in [1.29, 1.82) is 0 Å². The number of halogens is 7. The molecule has 0 atom stereocenters. The second-order valence-corrected chi connectivity index (χ2v) is 12.3. The van der Waals surface area contributed by atoms with Crippen LogP contribution in [0.3, 0.4) is 0 Å². The fourth-order valence-electron chi connectivity index (χ4n) is 6.30. The van der Waals surface area contributed by atoms with Crippen LogP contribution in [0, 0.1) is 29.4 Å². The first-order valence-electron chi connectivity index (χ1n) is 15.8. The van der Waals surface area contributed by atoms with Crippen LogP contribution < -0.4 is 9.47 Å². The zero-order valence-electron chi connectivity index (χ0n) is 25.5. The SMILES string of the molecule is CCCCCC1COC(c2ccc(C3COC(C4CCC(C(F)(F)Oc5ccc(OC(F)(F)F)c(F)c5)CC4)OC3)c(F)c2)OC1. The van der Waals surface area contributed by atoms with Crippen LogP contribution in [0.5, 0.6) is 11.5 Å². The van der Waals surface area contributed by atoms with E-state index < -0.39 is 54.1 Å². The van der Waals surface area contributed by atoms with Crippen molar-refractivity contribution in [1.82, 2.24) is 0 Å². The Labute approximate surface area is 263 Å². The van der Waals surface area contributed by atoms with Crippen LogP contribution in [0.25, 0.3) is 0 Å². The molecule has 2 heterocycles. The molecule has 0 unspecified atom stereocenters. The predicted molar refractivity (Wildman–Crippen MR) is 151 cm³/mol. The van der Waals surface area contributed by atoms with E-state index in [1.54, 1.807) is 12.1 Å². The Morgan fingerprint density at radius 2 is 1.46 bits per heavy atom. The van der Waals surface area contributed by atoms with Gasteiger partial charge in [0, 0.05) is 29.4 Å². The summed E-state index contributed by atoms with van der Waals surface area (Å²) in [6.45, 7) is 3.72. The summed E-state index contributed by atoms with van der Waals surface area (Å²) in [5, 5.41) is 0. The quantitative estimate of drug-likeness (QED) is 0.177. The van der Waals surface area contributed by atoms with Crippen molar-refractivity contribution in [2.24, 2.45) is 17.8 Å². The van der Waals surface area contributed by atoms with Crippen LogP contribution in [-0.4, -0.2) is 45.2 Å². The molecule has 2 saturated heterocycles. The molecule has 256 valence electrons. The average molecular weight is 665 g/mol. The topological polar surface area (TPSA) is 55.4 Å². The lowest BCUT2D eigenvalue weighted by molar-refractivity contribution is -0.275. The van der Waals surface area contributed by atoms with Crippen LogP contribution in [0.1, 0.15) is 81.6 Å². The van der Waals surface area contributed by atoms with E-state index in [1.807, 2.05) is 0 Å². The molecule has 0 bridgehead atoms. The van der Waals surface area contributed by atoms with Gasteiger partial charge in [-0.3, -0.25) is 0 Å². The molecule has 1 aliphatic carbocycles. The van der Waals surface area contributed by atoms with Gasteiger partial charge in [0.25, 0.3) is 0 Å². The highest BCUT2D eigenvalue weighted by Gasteiger charge is 2.46. The molecule has 2 aromatic rings. The van der Waals surface area contributed by atoms with Crippen LogP contribution in [-0.2, 0) is 18.9 Å². The Kier molecular flexibility index (Phi) is 11.4. The van der Waals surface area contributed by atoms with E-state index in [0.717, 1.165) is 25.3 Å². The van der Waals surface area contributed by atoms with E-state index in [0.29, 0.717) is 55.2 Å². The highest BCUT2D eigenvalue weighted by molar-refractivity contribution is 5.33. The Balaban J connectivity index is 1.06. The van der Waals surface area contributed by atoms with Gasteiger partial charge in [0.2, 0.25) is 0 Å². The zero-order chi connectivity index (χ0) is 32.9. The van der Waals surface area contributed by atoms with Gasteiger partial charge >= 0.3 is 12.5 Å². The molecule has 1 saturated carbocycles. The number of rotatable bonds is 11. The summed E-state index contributed by atoms with van der Waals surface area (Å²) >= 11 is 0. The Morgan fingerprint density at radius 3 is 2.07 bits per heavy atom. The molecule has 0 N–H and O–H groups in total. The van der Waals surface area contributed by atoms with Crippen molar-refractivity contribution >= 4 is 0 Å². The largest absolute Gasteiger partial charge is 0.573 e. The maximum absolute atomic E-state index is 15.2. The lowest BCUT2D eigenvalue weighted by Crippen LogP contribution is -2.41. The molecule has 0 radical (unpaired) electrons. The Bertz CT molecular complexity index is 1270. The van der Waals surface area contributed by atoms with E-state index in [9.17, 15) is 26.3 Å². The van der Waals surface area contributed by atoms with Crippen LogP contribution in [0.2, 0.25) is 0 Å².